The second kappa shape index (κ2) is 9.21. The lowest BCUT2D eigenvalue weighted by atomic mass is 9.97. The quantitative estimate of drug-likeness (QED) is 0.558. The zero-order valence-electron chi connectivity index (χ0n) is 18.1. The minimum absolute atomic E-state index is 0.0293. The van der Waals surface area contributed by atoms with E-state index in [-0.39, 0.29) is 17.8 Å². The molecule has 5 heteroatoms. The number of para-hydroxylation sites is 1. The van der Waals surface area contributed by atoms with Crippen LogP contribution in [0.2, 0.25) is 0 Å². The van der Waals surface area contributed by atoms with E-state index in [9.17, 15) is 9.59 Å². The predicted octanol–water partition coefficient (Wildman–Crippen LogP) is 4.87. The summed E-state index contributed by atoms with van der Waals surface area (Å²) in [5.41, 5.74) is 4.62. The molecule has 1 aliphatic rings. The van der Waals surface area contributed by atoms with E-state index < -0.39 is 0 Å². The minimum Gasteiger partial charge on any atom is -0.466 e. The number of rotatable bonds is 5. The average Bonchev–Trinajstić information content (AvgIpc) is 3.17. The third-order valence-corrected chi connectivity index (χ3v) is 5.89. The number of amides is 1. The van der Waals surface area contributed by atoms with Crippen molar-refractivity contribution in [3.8, 4) is 16.9 Å². The topological polar surface area (TPSA) is 51.5 Å². The van der Waals surface area contributed by atoms with Crippen molar-refractivity contribution in [2.75, 3.05) is 19.7 Å². The first-order valence-electron chi connectivity index (χ1n) is 10.9. The molecule has 1 aromatic heterocycles. The maximum Gasteiger partial charge on any atom is 0.310 e. The second-order valence-electron chi connectivity index (χ2n) is 7.91. The normalized spacial score (nSPS) is 16.2. The van der Waals surface area contributed by atoms with E-state index in [0.29, 0.717) is 25.3 Å². The molecular formula is C26H28N2O3. The first-order chi connectivity index (χ1) is 15.1. The van der Waals surface area contributed by atoms with E-state index in [1.54, 1.807) is 4.90 Å². The molecule has 0 radical (unpaired) electrons. The molecule has 0 saturated carbocycles. The van der Waals surface area contributed by atoms with Gasteiger partial charge in [0.1, 0.15) is 0 Å². The van der Waals surface area contributed by atoms with Gasteiger partial charge in [-0.1, -0.05) is 48.5 Å². The minimum atomic E-state index is -0.247. The molecule has 5 nitrogen and oxygen atoms in total. The van der Waals surface area contributed by atoms with Gasteiger partial charge in [-0.2, -0.15) is 0 Å². The molecular weight excluding hydrogens is 388 g/mol. The highest BCUT2D eigenvalue weighted by Crippen LogP contribution is 2.31. The van der Waals surface area contributed by atoms with Gasteiger partial charge in [0, 0.05) is 24.5 Å². The fourth-order valence-corrected chi connectivity index (χ4v) is 4.34. The Morgan fingerprint density at radius 3 is 2.39 bits per heavy atom. The van der Waals surface area contributed by atoms with Gasteiger partial charge in [0.2, 0.25) is 0 Å². The van der Waals surface area contributed by atoms with E-state index in [1.165, 1.54) is 0 Å². The van der Waals surface area contributed by atoms with Crippen molar-refractivity contribution in [3.63, 3.8) is 0 Å². The Balaban J connectivity index is 1.71. The molecule has 1 fully saturated rings. The molecule has 0 aliphatic carbocycles. The molecule has 1 unspecified atom stereocenters. The summed E-state index contributed by atoms with van der Waals surface area (Å²) in [5.74, 6) is -0.482. The fourth-order valence-electron chi connectivity index (χ4n) is 4.34. The molecule has 1 amide bonds. The zero-order valence-corrected chi connectivity index (χ0v) is 18.1. The van der Waals surface area contributed by atoms with Crippen molar-refractivity contribution < 1.29 is 14.3 Å². The van der Waals surface area contributed by atoms with Crippen LogP contribution in [-0.2, 0) is 9.53 Å². The second-order valence-corrected chi connectivity index (χ2v) is 7.91. The fraction of sp³-hybridized carbons (Fsp3) is 0.308. The zero-order chi connectivity index (χ0) is 21.8. The van der Waals surface area contributed by atoms with Crippen LogP contribution < -0.4 is 0 Å². The van der Waals surface area contributed by atoms with Crippen molar-refractivity contribution in [2.24, 2.45) is 5.92 Å². The van der Waals surface area contributed by atoms with Crippen molar-refractivity contribution in [1.82, 2.24) is 9.47 Å². The van der Waals surface area contributed by atoms with E-state index in [0.717, 1.165) is 35.5 Å². The number of likely N-dealkylation sites (tertiary alicyclic amines) is 1. The number of piperidine rings is 1. The van der Waals surface area contributed by atoms with Crippen LogP contribution in [0, 0.1) is 12.8 Å². The van der Waals surface area contributed by atoms with Gasteiger partial charge in [-0.05, 0) is 50.5 Å². The molecule has 31 heavy (non-hydrogen) atoms. The summed E-state index contributed by atoms with van der Waals surface area (Å²) in [6.07, 6.45) is 1.57. The van der Waals surface area contributed by atoms with Gasteiger partial charge >= 0.3 is 5.97 Å². The summed E-state index contributed by atoms with van der Waals surface area (Å²) < 4.78 is 7.33. The van der Waals surface area contributed by atoms with Gasteiger partial charge in [0.25, 0.3) is 5.91 Å². The molecule has 1 atom stereocenters. The van der Waals surface area contributed by atoms with E-state index in [4.69, 9.17) is 4.74 Å². The molecule has 1 saturated heterocycles. The monoisotopic (exact) mass is 416 g/mol. The summed E-state index contributed by atoms with van der Waals surface area (Å²) in [7, 11) is 0. The van der Waals surface area contributed by atoms with Crippen LogP contribution in [0.15, 0.2) is 66.7 Å². The van der Waals surface area contributed by atoms with Crippen LogP contribution in [0.3, 0.4) is 0 Å². The summed E-state index contributed by atoms with van der Waals surface area (Å²) in [6, 6.07) is 22.2. The first-order valence-corrected chi connectivity index (χ1v) is 10.9. The number of carbonyl (C=O) groups is 2. The Hall–Kier alpha value is -3.34. The molecule has 2 heterocycles. The number of ether oxygens (including phenoxy) is 1. The number of hydrogen-bond acceptors (Lipinski definition) is 3. The van der Waals surface area contributed by atoms with Gasteiger partial charge in [-0.3, -0.25) is 9.59 Å². The van der Waals surface area contributed by atoms with Crippen LogP contribution in [0.5, 0.6) is 0 Å². The molecule has 1 aliphatic heterocycles. The summed E-state index contributed by atoms with van der Waals surface area (Å²) in [6.45, 7) is 5.23. The van der Waals surface area contributed by atoms with Crippen molar-refractivity contribution in [3.05, 3.63) is 78.0 Å². The first kappa shape index (κ1) is 20.9. The molecule has 0 N–H and O–H groups in total. The van der Waals surface area contributed by atoms with Crippen molar-refractivity contribution >= 4 is 11.9 Å². The number of hydrogen-bond donors (Lipinski definition) is 0. The summed E-state index contributed by atoms with van der Waals surface area (Å²) >= 11 is 0. The number of aromatic nitrogens is 1. The number of benzene rings is 2. The highest BCUT2D eigenvalue weighted by atomic mass is 16.5. The maximum atomic E-state index is 13.5. The predicted molar refractivity (Wildman–Crippen MR) is 121 cm³/mol. The highest BCUT2D eigenvalue weighted by Gasteiger charge is 2.31. The van der Waals surface area contributed by atoms with Crippen molar-refractivity contribution in [2.45, 2.75) is 26.7 Å². The van der Waals surface area contributed by atoms with Gasteiger partial charge in [-0.15, -0.1) is 0 Å². The lowest BCUT2D eigenvalue weighted by Crippen LogP contribution is -2.43. The third kappa shape index (κ3) is 4.26. The van der Waals surface area contributed by atoms with Crippen molar-refractivity contribution in [1.29, 1.82) is 0 Å². The summed E-state index contributed by atoms with van der Waals surface area (Å²) in [5, 5.41) is 0. The SMILES string of the molecule is CCOC(=O)C1CCCN(C(=O)c2cc(-c3ccccc3)n(-c3ccccc3)c2C)C1. The molecule has 3 aromatic rings. The van der Waals surface area contributed by atoms with Gasteiger partial charge in [-0.25, -0.2) is 0 Å². The van der Waals surface area contributed by atoms with Crippen LogP contribution >= 0.6 is 0 Å². The summed E-state index contributed by atoms with van der Waals surface area (Å²) in [4.78, 5) is 27.6. The van der Waals surface area contributed by atoms with Crippen LogP contribution in [0.1, 0.15) is 35.8 Å². The molecule has 0 bridgehead atoms. The Labute approximate surface area is 183 Å². The maximum absolute atomic E-state index is 13.5. The average molecular weight is 417 g/mol. The van der Waals surface area contributed by atoms with E-state index in [1.807, 2.05) is 68.4 Å². The third-order valence-electron chi connectivity index (χ3n) is 5.89. The van der Waals surface area contributed by atoms with Gasteiger partial charge < -0.3 is 14.2 Å². The van der Waals surface area contributed by atoms with Crippen LogP contribution in [-0.4, -0.2) is 41.0 Å². The van der Waals surface area contributed by atoms with Gasteiger partial charge in [0.05, 0.1) is 23.8 Å². The number of carbonyl (C=O) groups excluding carboxylic acids is 2. The Morgan fingerprint density at radius 2 is 1.71 bits per heavy atom. The van der Waals surface area contributed by atoms with Crippen LogP contribution in [0.4, 0.5) is 0 Å². The molecule has 2 aromatic carbocycles. The lowest BCUT2D eigenvalue weighted by molar-refractivity contribution is -0.149. The standard InChI is InChI=1S/C26H28N2O3/c1-3-31-26(30)21-13-10-16-27(18-21)25(29)23-17-24(20-11-6-4-7-12-20)28(19(23)2)22-14-8-5-9-15-22/h4-9,11-12,14-15,17,21H,3,10,13,16,18H2,1-2H3. The van der Waals surface area contributed by atoms with Crippen LogP contribution in [0.25, 0.3) is 16.9 Å². The largest absolute Gasteiger partial charge is 0.466 e. The number of nitrogens with zero attached hydrogens (tertiary/aromatic N) is 2. The molecule has 4 rings (SSSR count). The van der Waals surface area contributed by atoms with Gasteiger partial charge in [0.15, 0.2) is 0 Å². The Kier molecular flexibility index (Phi) is 6.21. The highest BCUT2D eigenvalue weighted by molar-refractivity contribution is 5.97. The van der Waals surface area contributed by atoms with E-state index in [2.05, 4.69) is 16.7 Å². The smallest absolute Gasteiger partial charge is 0.310 e. The van der Waals surface area contributed by atoms with E-state index >= 15 is 0 Å². The Bertz CT molecular complexity index is 1060. The lowest BCUT2D eigenvalue weighted by Gasteiger charge is -2.31. The molecule has 0 spiro atoms. The Morgan fingerprint density at radius 1 is 1.03 bits per heavy atom. The number of esters is 1. The molecule has 160 valence electrons.